The predicted octanol–water partition coefficient (Wildman–Crippen LogP) is 5.12. The summed E-state index contributed by atoms with van der Waals surface area (Å²) in [7, 11) is 0. The van der Waals surface area contributed by atoms with Crippen LogP contribution in [0, 0.1) is 0 Å². The number of hydrogen-bond acceptors (Lipinski definition) is 4. The highest BCUT2D eigenvalue weighted by molar-refractivity contribution is 5.81. The smallest absolute Gasteiger partial charge is 0.480 e. The van der Waals surface area contributed by atoms with Crippen LogP contribution in [0.25, 0.3) is 11.1 Å². The van der Waals surface area contributed by atoms with Gasteiger partial charge < -0.3 is 19.9 Å². The van der Waals surface area contributed by atoms with Crippen LogP contribution in [0.2, 0.25) is 0 Å². The van der Waals surface area contributed by atoms with E-state index in [-0.39, 0.29) is 24.5 Å². The number of carbonyl (C=O) groups excluding carboxylic acids is 1. The second-order valence-corrected chi connectivity index (χ2v) is 7.76. The van der Waals surface area contributed by atoms with Crippen LogP contribution in [0.4, 0.5) is 18.0 Å². The molecule has 0 heterocycles. The Morgan fingerprint density at radius 1 is 0.941 bits per heavy atom. The maximum Gasteiger partial charge on any atom is 0.573 e. The number of hydrogen-bond donors (Lipinski definition) is 2. The lowest BCUT2D eigenvalue weighted by molar-refractivity contribution is -0.274. The van der Waals surface area contributed by atoms with Crippen LogP contribution in [0.3, 0.4) is 0 Å². The molecule has 176 valence electrons. The molecule has 3 aromatic carbocycles. The van der Waals surface area contributed by atoms with Crippen LogP contribution in [0.1, 0.15) is 22.6 Å². The van der Waals surface area contributed by atoms with Gasteiger partial charge in [0, 0.05) is 12.3 Å². The number of aliphatic carboxylic acids is 1. The first-order chi connectivity index (χ1) is 16.2. The van der Waals surface area contributed by atoms with Gasteiger partial charge in [-0.05, 0) is 39.9 Å². The molecular weight excluding hydrogens is 451 g/mol. The van der Waals surface area contributed by atoms with Crippen LogP contribution in [0.5, 0.6) is 5.75 Å². The molecule has 9 heteroatoms. The molecule has 3 aromatic rings. The van der Waals surface area contributed by atoms with E-state index in [4.69, 9.17) is 4.74 Å². The zero-order chi connectivity index (χ0) is 24.3. The molecule has 0 aromatic heterocycles. The lowest BCUT2D eigenvalue weighted by Crippen LogP contribution is -2.42. The first-order valence-corrected chi connectivity index (χ1v) is 10.4. The van der Waals surface area contributed by atoms with Crippen LogP contribution in [-0.2, 0) is 16.0 Å². The number of rotatable bonds is 7. The van der Waals surface area contributed by atoms with E-state index in [1.165, 1.54) is 12.1 Å². The Morgan fingerprint density at radius 2 is 1.56 bits per heavy atom. The van der Waals surface area contributed by atoms with E-state index in [2.05, 4.69) is 10.1 Å². The summed E-state index contributed by atoms with van der Waals surface area (Å²) in [5.41, 5.74) is 4.36. The van der Waals surface area contributed by atoms with Gasteiger partial charge in [-0.25, -0.2) is 9.59 Å². The third kappa shape index (κ3) is 5.31. The minimum absolute atomic E-state index is 0.00110. The number of ether oxygens (including phenoxy) is 2. The van der Waals surface area contributed by atoms with Crippen molar-refractivity contribution < 1.29 is 37.3 Å². The number of fused-ring (bicyclic) bond motifs is 3. The monoisotopic (exact) mass is 471 g/mol. The minimum Gasteiger partial charge on any atom is -0.480 e. The predicted molar refractivity (Wildman–Crippen MR) is 116 cm³/mol. The van der Waals surface area contributed by atoms with Gasteiger partial charge in [-0.2, -0.15) is 0 Å². The van der Waals surface area contributed by atoms with Gasteiger partial charge in [0.1, 0.15) is 18.4 Å². The molecular formula is C25H20F3NO5. The molecule has 1 aliphatic rings. The van der Waals surface area contributed by atoms with E-state index in [1.807, 2.05) is 48.5 Å². The zero-order valence-electron chi connectivity index (χ0n) is 17.7. The number of alkyl halides is 3. The Labute approximate surface area is 192 Å². The van der Waals surface area contributed by atoms with Crippen molar-refractivity contribution in [3.8, 4) is 16.9 Å². The largest absolute Gasteiger partial charge is 0.573 e. The minimum atomic E-state index is -4.87. The van der Waals surface area contributed by atoms with Gasteiger partial charge in [0.05, 0.1) is 0 Å². The summed E-state index contributed by atoms with van der Waals surface area (Å²) in [5, 5.41) is 11.8. The highest BCUT2D eigenvalue weighted by Crippen LogP contribution is 2.44. The maximum atomic E-state index is 12.4. The summed E-state index contributed by atoms with van der Waals surface area (Å²) in [5.74, 6) is -2.02. The third-order valence-corrected chi connectivity index (χ3v) is 5.51. The Bertz CT molecular complexity index is 1170. The molecule has 0 saturated heterocycles. The number of carboxylic acids is 1. The molecule has 0 radical (unpaired) electrons. The summed E-state index contributed by atoms with van der Waals surface area (Å²) in [6.45, 7) is 0.00110. The van der Waals surface area contributed by atoms with Crippen molar-refractivity contribution in [3.63, 3.8) is 0 Å². The first kappa shape index (κ1) is 23.2. The second kappa shape index (κ2) is 9.46. The summed E-state index contributed by atoms with van der Waals surface area (Å²) in [6.07, 6.45) is -6.06. The van der Waals surface area contributed by atoms with Crippen LogP contribution in [-0.4, -0.2) is 36.2 Å². The van der Waals surface area contributed by atoms with E-state index in [1.54, 1.807) is 0 Å². The fourth-order valence-corrected chi connectivity index (χ4v) is 4.09. The topological polar surface area (TPSA) is 84.9 Å². The van der Waals surface area contributed by atoms with Crippen molar-refractivity contribution in [2.75, 3.05) is 6.61 Å². The van der Waals surface area contributed by atoms with Crippen molar-refractivity contribution >= 4 is 12.1 Å². The highest BCUT2D eigenvalue weighted by atomic mass is 19.4. The number of halogens is 3. The molecule has 4 rings (SSSR count). The van der Waals surface area contributed by atoms with Gasteiger partial charge in [0.25, 0.3) is 0 Å². The van der Waals surface area contributed by atoms with Gasteiger partial charge in [0.2, 0.25) is 0 Å². The normalized spacial score (nSPS) is 13.5. The molecule has 34 heavy (non-hydrogen) atoms. The van der Waals surface area contributed by atoms with Gasteiger partial charge in [-0.15, -0.1) is 13.2 Å². The van der Waals surface area contributed by atoms with Gasteiger partial charge >= 0.3 is 18.4 Å². The van der Waals surface area contributed by atoms with Gasteiger partial charge in [-0.1, -0.05) is 60.7 Å². The number of alkyl carbamates (subject to hydrolysis) is 1. The van der Waals surface area contributed by atoms with E-state index < -0.39 is 30.2 Å². The van der Waals surface area contributed by atoms with Gasteiger partial charge in [0.15, 0.2) is 0 Å². The standard InChI is InChI=1S/C25H20F3NO5/c26-25(27,28)34-16-7-5-6-15(12-16)13-22(23(30)31)29-24(32)33-14-21-19-10-3-1-8-17(19)18-9-2-4-11-20(18)21/h1-12,21-22H,13-14H2,(H,29,32)(H,30,31)/t22-/m1/s1. The van der Waals surface area contributed by atoms with Gasteiger partial charge in [-0.3, -0.25) is 0 Å². The summed E-state index contributed by atoms with van der Waals surface area (Å²) in [6, 6.07) is 19.1. The van der Waals surface area contributed by atoms with Crippen molar-refractivity contribution in [2.24, 2.45) is 0 Å². The first-order valence-electron chi connectivity index (χ1n) is 10.4. The Balaban J connectivity index is 1.41. The molecule has 6 nitrogen and oxygen atoms in total. The molecule has 0 fully saturated rings. The molecule has 0 spiro atoms. The van der Waals surface area contributed by atoms with Crippen molar-refractivity contribution in [3.05, 3.63) is 89.5 Å². The number of benzene rings is 3. The van der Waals surface area contributed by atoms with E-state index >= 15 is 0 Å². The van der Waals surface area contributed by atoms with E-state index in [9.17, 15) is 27.9 Å². The lowest BCUT2D eigenvalue weighted by Gasteiger charge is -2.18. The molecule has 1 atom stereocenters. The number of nitrogens with one attached hydrogen (secondary N) is 1. The zero-order valence-corrected chi connectivity index (χ0v) is 17.7. The summed E-state index contributed by atoms with van der Waals surface area (Å²) in [4.78, 5) is 24.1. The second-order valence-electron chi connectivity index (χ2n) is 7.76. The molecule has 1 amide bonds. The average Bonchev–Trinajstić information content (AvgIpc) is 3.10. The SMILES string of the molecule is O=C(N[C@H](Cc1cccc(OC(F)(F)F)c1)C(=O)O)OCC1c2ccccc2-c2ccccc21. The molecule has 0 unspecified atom stereocenters. The fourth-order valence-electron chi connectivity index (χ4n) is 4.09. The van der Waals surface area contributed by atoms with E-state index in [0.717, 1.165) is 34.4 Å². The molecule has 0 bridgehead atoms. The third-order valence-electron chi connectivity index (χ3n) is 5.51. The summed E-state index contributed by atoms with van der Waals surface area (Å²) < 4.78 is 46.6. The van der Waals surface area contributed by atoms with Crippen molar-refractivity contribution in [2.45, 2.75) is 24.7 Å². The summed E-state index contributed by atoms with van der Waals surface area (Å²) >= 11 is 0. The Morgan fingerprint density at radius 3 is 2.15 bits per heavy atom. The van der Waals surface area contributed by atoms with E-state index in [0.29, 0.717) is 0 Å². The molecule has 1 aliphatic carbocycles. The van der Waals surface area contributed by atoms with Crippen molar-refractivity contribution in [1.29, 1.82) is 0 Å². The number of carbonyl (C=O) groups is 2. The quantitative estimate of drug-likeness (QED) is 0.500. The average molecular weight is 471 g/mol. The van der Waals surface area contributed by atoms with Crippen LogP contribution in [0.15, 0.2) is 72.8 Å². The Kier molecular flexibility index (Phi) is 6.45. The molecule has 0 aliphatic heterocycles. The Hall–Kier alpha value is -4.01. The lowest BCUT2D eigenvalue weighted by atomic mass is 9.98. The van der Waals surface area contributed by atoms with Crippen molar-refractivity contribution in [1.82, 2.24) is 5.32 Å². The number of carboxylic acid groups (broad SMARTS) is 1. The number of amides is 1. The maximum absolute atomic E-state index is 12.4. The van der Waals surface area contributed by atoms with Crippen LogP contribution >= 0.6 is 0 Å². The highest BCUT2D eigenvalue weighted by Gasteiger charge is 2.32. The molecule has 2 N–H and O–H groups in total. The fraction of sp³-hybridized carbons (Fsp3) is 0.200. The molecule has 0 saturated carbocycles. The van der Waals surface area contributed by atoms with Crippen LogP contribution < -0.4 is 10.1 Å².